The molecule has 9 heavy (non-hydrogen) atoms. The van der Waals surface area contributed by atoms with Crippen LogP contribution in [0.1, 0.15) is 0 Å². The maximum absolute atomic E-state index is 10.4. The van der Waals surface area contributed by atoms with Crippen molar-refractivity contribution >= 4 is 12.4 Å². The van der Waals surface area contributed by atoms with Crippen molar-refractivity contribution in [1.29, 1.82) is 0 Å². The zero-order valence-electron chi connectivity index (χ0n) is 5.46. The number of aldehydes is 1. The van der Waals surface area contributed by atoms with Crippen molar-refractivity contribution in [3.63, 3.8) is 0 Å². The molecule has 0 heterocycles. The molecule has 0 atom stereocenters. The Balaban J connectivity index is 3.58. The van der Waals surface area contributed by atoms with Crippen molar-refractivity contribution in [2.75, 3.05) is 20.7 Å². The minimum atomic E-state index is -0.498. The Morgan fingerprint density at radius 1 is 1.78 bits per heavy atom. The molecule has 4 heteroatoms. The number of carbonyl (C=O) groups is 2. The fraction of sp³-hybridized carbons (Fsp3) is 0.600. The first-order valence-corrected chi connectivity index (χ1v) is 2.45. The van der Waals surface area contributed by atoms with E-state index in [0.29, 0.717) is 6.29 Å². The second-order valence-electron chi connectivity index (χ2n) is 1.52. The zero-order valence-corrected chi connectivity index (χ0v) is 5.46. The van der Waals surface area contributed by atoms with Gasteiger partial charge in [-0.1, -0.05) is 0 Å². The van der Waals surface area contributed by atoms with Crippen LogP contribution in [0.4, 0.5) is 4.79 Å². The van der Waals surface area contributed by atoms with Gasteiger partial charge in [0.2, 0.25) is 0 Å². The Kier molecular flexibility index (Phi) is 3.43. The molecule has 0 saturated carbocycles. The second kappa shape index (κ2) is 3.88. The average Bonchev–Trinajstić information content (AvgIpc) is 1.87. The Bertz CT molecular complexity index is 113. The first-order chi connectivity index (χ1) is 4.22. The number of nitrogens with zero attached hydrogens (tertiary/aromatic N) is 1. The van der Waals surface area contributed by atoms with Crippen LogP contribution in [-0.2, 0) is 9.53 Å². The summed E-state index contributed by atoms with van der Waals surface area (Å²) in [6.45, 7) is 0.0761. The third-order valence-corrected chi connectivity index (χ3v) is 0.835. The van der Waals surface area contributed by atoms with Crippen LogP contribution in [0.3, 0.4) is 0 Å². The van der Waals surface area contributed by atoms with Crippen molar-refractivity contribution < 1.29 is 14.3 Å². The van der Waals surface area contributed by atoms with Gasteiger partial charge in [0.05, 0.1) is 13.7 Å². The van der Waals surface area contributed by atoms with Crippen molar-refractivity contribution in [2.45, 2.75) is 0 Å². The van der Waals surface area contributed by atoms with E-state index in [4.69, 9.17) is 0 Å². The molecule has 0 rings (SSSR count). The molecule has 0 unspecified atom stereocenters. The third-order valence-electron chi connectivity index (χ3n) is 0.835. The summed E-state index contributed by atoms with van der Waals surface area (Å²) in [5.74, 6) is 0. The van der Waals surface area contributed by atoms with Gasteiger partial charge in [0.25, 0.3) is 0 Å². The predicted octanol–water partition coefficient (Wildman–Crippen LogP) is -0.117. The average molecular weight is 131 g/mol. The lowest BCUT2D eigenvalue weighted by atomic mass is 10.6. The highest BCUT2D eigenvalue weighted by atomic mass is 16.5. The lowest BCUT2D eigenvalue weighted by Crippen LogP contribution is -2.27. The maximum atomic E-state index is 10.4. The van der Waals surface area contributed by atoms with E-state index in [1.54, 1.807) is 0 Å². The van der Waals surface area contributed by atoms with Crippen molar-refractivity contribution in [2.24, 2.45) is 0 Å². The van der Waals surface area contributed by atoms with Crippen LogP contribution in [0.2, 0.25) is 0 Å². The predicted molar refractivity (Wildman–Crippen MR) is 31.1 cm³/mol. The van der Waals surface area contributed by atoms with Crippen molar-refractivity contribution in [3.8, 4) is 0 Å². The monoisotopic (exact) mass is 131 g/mol. The molecule has 0 aromatic carbocycles. The molecule has 0 spiro atoms. The van der Waals surface area contributed by atoms with Crippen LogP contribution in [0, 0.1) is 0 Å². The van der Waals surface area contributed by atoms with Crippen LogP contribution < -0.4 is 0 Å². The molecule has 0 saturated heterocycles. The number of ether oxygens (including phenoxy) is 1. The zero-order chi connectivity index (χ0) is 7.28. The molecule has 0 aromatic rings. The number of methoxy groups -OCH3 is 1. The third kappa shape index (κ3) is 2.69. The van der Waals surface area contributed by atoms with Gasteiger partial charge in [-0.15, -0.1) is 0 Å². The van der Waals surface area contributed by atoms with E-state index >= 15 is 0 Å². The number of hydrogen-bond acceptors (Lipinski definition) is 3. The fourth-order valence-electron chi connectivity index (χ4n) is 0.342. The summed E-state index contributed by atoms with van der Waals surface area (Å²) in [4.78, 5) is 21.4. The minimum absolute atomic E-state index is 0.0761. The molecule has 0 aromatic heterocycles. The molecule has 0 aliphatic rings. The van der Waals surface area contributed by atoms with E-state index in [1.807, 2.05) is 0 Å². The summed E-state index contributed by atoms with van der Waals surface area (Å²) < 4.78 is 4.29. The Morgan fingerprint density at radius 3 is 2.67 bits per heavy atom. The second-order valence-corrected chi connectivity index (χ2v) is 1.52. The van der Waals surface area contributed by atoms with Gasteiger partial charge < -0.3 is 14.4 Å². The van der Waals surface area contributed by atoms with Crippen LogP contribution in [0.15, 0.2) is 0 Å². The number of likely N-dealkylation sites (N-methyl/N-ethyl adjacent to an activating group) is 1. The van der Waals surface area contributed by atoms with E-state index in [-0.39, 0.29) is 6.54 Å². The Morgan fingerprint density at radius 2 is 2.33 bits per heavy atom. The van der Waals surface area contributed by atoms with Gasteiger partial charge in [-0.25, -0.2) is 4.79 Å². The van der Waals surface area contributed by atoms with Crippen LogP contribution >= 0.6 is 0 Å². The van der Waals surface area contributed by atoms with Gasteiger partial charge in [0.1, 0.15) is 6.29 Å². The SMILES string of the molecule is COC(=O)N(C)CC=O. The van der Waals surface area contributed by atoms with Gasteiger partial charge in [-0.05, 0) is 0 Å². The van der Waals surface area contributed by atoms with Crippen molar-refractivity contribution in [1.82, 2.24) is 4.90 Å². The summed E-state index contributed by atoms with van der Waals surface area (Å²) in [6.07, 6.45) is 0.138. The first kappa shape index (κ1) is 7.94. The molecule has 0 aliphatic carbocycles. The smallest absolute Gasteiger partial charge is 0.409 e. The van der Waals surface area contributed by atoms with Crippen LogP contribution in [0.25, 0.3) is 0 Å². The van der Waals surface area contributed by atoms with E-state index in [2.05, 4.69) is 4.74 Å². The number of rotatable bonds is 2. The molecule has 0 aliphatic heterocycles. The molecule has 0 fully saturated rings. The minimum Gasteiger partial charge on any atom is -0.453 e. The number of amides is 1. The lowest BCUT2D eigenvalue weighted by Gasteiger charge is -2.10. The van der Waals surface area contributed by atoms with Gasteiger partial charge in [-0.2, -0.15) is 0 Å². The van der Waals surface area contributed by atoms with E-state index in [9.17, 15) is 9.59 Å². The molecule has 0 bridgehead atoms. The molecule has 52 valence electrons. The Labute approximate surface area is 53.4 Å². The van der Waals surface area contributed by atoms with Gasteiger partial charge >= 0.3 is 6.09 Å². The fourth-order valence-corrected chi connectivity index (χ4v) is 0.342. The number of carbonyl (C=O) groups excluding carboxylic acids is 2. The number of hydrogen-bond donors (Lipinski definition) is 0. The van der Waals surface area contributed by atoms with Crippen LogP contribution in [-0.4, -0.2) is 38.0 Å². The maximum Gasteiger partial charge on any atom is 0.409 e. The van der Waals surface area contributed by atoms with E-state index in [0.717, 1.165) is 0 Å². The molecule has 4 nitrogen and oxygen atoms in total. The van der Waals surface area contributed by atoms with Gasteiger partial charge in [0, 0.05) is 7.05 Å². The van der Waals surface area contributed by atoms with Crippen molar-refractivity contribution in [3.05, 3.63) is 0 Å². The summed E-state index contributed by atoms with van der Waals surface area (Å²) in [6, 6.07) is 0. The quantitative estimate of drug-likeness (QED) is 0.491. The summed E-state index contributed by atoms with van der Waals surface area (Å²) in [7, 11) is 2.75. The molecular formula is C5H9NO3. The largest absolute Gasteiger partial charge is 0.453 e. The summed E-state index contributed by atoms with van der Waals surface area (Å²) in [5, 5.41) is 0. The summed E-state index contributed by atoms with van der Waals surface area (Å²) >= 11 is 0. The van der Waals surface area contributed by atoms with E-state index in [1.165, 1.54) is 19.1 Å². The molecular weight excluding hydrogens is 122 g/mol. The standard InChI is InChI=1S/C5H9NO3/c1-6(3-4-7)5(8)9-2/h4H,3H2,1-2H3. The van der Waals surface area contributed by atoms with E-state index < -0.39 is 6.09 Å². The molecule has 0 radical (unpaired) electrons. The van der Waals surface area contributed by atoms with Gasteiger partial charge in [-0.3, -0.25) is 0 Å². The first-order valence-electron chi connectivity index (χ1n) is 2.45. The highest BCUT2D eigenvalue weighted by molar-refractivity contribution is 5.70. The highest BCUT2D eigenvalue weighted by Gasteiger charge is 2.04. The summed E-state index contributed by atoms with van der Waals surface area (Å²) in [5.41, 5.74) is 0. The topological polar surface area (TPSA) is 46.6 Å². The Hall–Kier alpha value is -1.06. The highest BCUT2D eigenvalue weighted by Crippen LogP contribution is 1.83. The lowest BCUT2D eigenvalue weighted by molar-refractivity contribution is -0.108. The van der Waals surface area contributed by atoms with Crippen LogP contribution in [0.5, 0.6) is 0 Å². The normalized spacial score (nSPS) is 8.22. The molecule has 0 N–H and O–H groups in total. The van der Waals surface area contributed by atoms with Gasteiger partial charge in [0.15, 0.2) is 0 Å². The molecule has 1 amide bonds.